The second-order valence-corrected chi connectivity index (χ2v) is 4.44. The van der Waals surface area contributed by atoms with Crippen LogP contribution in [0, 0.1) is 11.3 Å². The van der Waals surface area contributed by atoms with Gasteiger partial charge in [-0.25, -0.2) is 0 Å². The minimum atomic E-state index is -0.683. The Morgan fingerprint density at radius 1 is 1.33 bits per heavy atom. The molecule has 0 spiro atoms. The van der Waals surface area contributed by atoms with E-state index in [9.17, 15) is 10.1 Å². The van der Waals surface area contributed by atoms with Crippen LogP contribution in [0.15, 0.2) is 30.3 Å². The Balaban J connectivity index is 2.66. The predicted molar refractivity (Wildman–Crippen MR) is 72.0 cm³/mol. The lowest BCUT2D eigenvalue weighted by atomic mass is 9.99. The lowest BCUT2D eigenvalue weighted by molar-refractivity contribution is -0.130. The van der Waals surface area contributed by atoms with Crippen molar-refractivity contribution in [1.29, 1.82) is 5.26 Å². The Hall–Kier alpha value is -1.82. The molecule has 3 heteroatoms. The first-order valence-corrected chi connectivity index (χ1v) is 6.40. The molecular weight excluding hydrogens is 224 g/mol. The Kier molecular flexibility index (Phi) is 5.93. The van der Waals surface area contributed by atoms with Gasteiger partial charge in [-0.05, 0) is 12.0 Å². The SMILES string of the molecule is CCCCCN(C)C(=O)C(C#N)c1ccccc1. The number of hydrogen-bond donors (Lipinski definition) is 0. The van der Waals surface area contributed by atoms with Crippen LogP contribution in [0.3, 0.4) is 0 Å². The molecule has 1 aromatic rings. The van der Waals surface area contributed by atoms with Gasteiger partial charge in [0.25, 0.3) is 0 Å². The third-order valence-corrected chi connectivity index (χ3v) is 2.98. The van der Waals surface area contributed by atoms with Crippen molar-refractivity contribution in [3.63, 3.8) is 0 Å². The molecule has 1 rings (SSSR count). The number of nitriles is 1. The molecule has 0 heterocycles. The monoisotopic (exact) mass is 244 g/mol. The highest BCUT2D eigenvalue weighted by molar-refractivity contribution is 5.86. The number of hydrogen-bond acceptors (Lipinski definition) is 2. The standard InChI is InChI=1S/C15H20N2O/c1-3-4-8-11-17(2)15(18)14(12-16)13-9-6-5-7-10-13/h5-7,9-10,14H,3-4,8,11H2,1-2H3. The lowest BCUT2D eigenvalue weighted by Gasteiger charge is -2.20. The summed E-state index contributed by atoms with van der Waals surface area (Å²) < 4.78 is 0. The first kappa shape index (κ1) is 14.2. The Labute approximate surface area is 109 Å². The second kappa shape index (κ2) is 7.50. The van der Waals surface area contributed by atoms with Gasteiger partial charge in [-0.2, -0.15) is 5.26 Å². The molecule has 0 aliphatic carbocycles. The molecule has 18 heavy (non-hydrogen) atoms. The van der Waals surface area contributed by atoms with Crippen molar-refractivity contribution in [1.82, 2.24) is 4.90 Å². The molecule has 0 saturated heterocycles. The number of likely N-dealkylation sites (N-methyl/N-ethyl adjacent to an activating group) is 1. The number of carbonyl (C=O) groups excluding carboxylic acids is 1. The summed E-state index contributed by atoms with van der Waals surface area (Å²) in [6.45, 7) is 2.85. The van der Waals surface area contributed by atoms with E-state index < -0.39 is 5.92 Å². The van der Waals surface area contributed by atoms with Gasteiger partial charge in [0.05, 0.1) is 6.07 Å². The van der Waals surface area contributed by atoms with Crippen molar-refractivity contribution in [3.05, 3.63) is 35.9 Å². The maximum atomic E-state index is 12.2. The van der Waals surface area contributed by atoms with Gasteiger partial charge in [0.2, 0.25) is 5.91 Å². The lowest BCUT2D eigenvalue weighted by Crippen LogP contribution is -2.32. The van der Waals surface area contributed by atoms with Crippen molar-refractivity contribution >= 4 is 5.91 Å². The minimum Gasteiger partial charge on any atom is -0.344 e. The van der Waals surface area contributed by atoms with E-state index in [0.717, 1.165) is 31.4 Å². The largest absolute Gasteiger partial charge is 0.344 e. The van der Waals surface area contributed by atoms with Crippen molar-refractivity contribution < 1.29 is 4.79 Å². The smallest absolute Gasteiger partial charge is 0.244 e. The summed E-state index contributed by atoms with van der Waals surface area (Å²) in [5, 5.41) is 9.17. The molecule has 1 unspecified atom stereocenters. The number of benzene rings is 1. The molecule has 0 N–H and O–H groups in total. The number of unbranched alkanes of at least 4 members (excludes halogenated alkanes) is 2. The maximum Gasteiger partial charge on any atom is 0.244 e. The summed E-state index contributed by atoms with van der Waals surface area (Å²) in [5.41, 5.74) is 0.771. The summed E-state index contributed by atoms with van der Waals surface area (Å²) in [6, 6.07) is 11.3. The van der Waals surface area contributed by atoms with Gasteiger partial charge in [-0.3, -0.25) is 4.79 Å². The Morgan fingerprint density at radius 2 is 2.00 bits per heavy atom. The molecule has 96 valence electrons. The van der Waals surface area contributed by atoms with Crippen LogP contribution in [0.1, 0.15) is 37.7 Å². The van der Waals surface area contributed by atoms with Gasteiger partial charge in [-0.1, -0.05) is 50.1 Å². The van der Waals surface area contributed by atoms with E-state index >= 15 is 0 Å². The number of carbonyl (C=O) groups is 1. The van der Waals surface area contributed by atoms with E-state index in [1.807, 2.05) is 30.3 Å². The number of nitrogens with zero attached hydrogens (tertiary/aromatic N) is 2. The third kappa shape index (κ3) is 3.89. The highest BCUT2D eigenvalue weighted by atomic mass is 16.2. The molecule has 0 aromatic heterocycles. The van der Waals surface area contributed by atoms with Crippen LogP contribution >= 0.6 is 0 Å². The van der Waals surface area contributed by atoms with E-state index in [1.54, 1.807) is 11.9 Å². The summed E-state index contributed by atoms with van der Waals surface area (Å²) in [4.78, 5) is 13.8. The number of amides is 1. The van der Waals surface area contributed by atoms with Crippen molar-refractivity contribution in [2.45, 2.75) is 32.1 Å². The van der Waals surface area contributed by atoms with Gasteiger partial charge >= 0.3 is 0 Å². The zero-order chi connectivity index (χ0) is 13.4. The zero-order valence-electron chi connectivity index (χ0n) is 11.1. The first-order valence-electron chi connectivity index (χ1n) is 6.40. The van der Waals surface area contributed by atoms with Crippen LogP contribution in [0.25, 0.3) is 0 Å². The Morgan fingerprint density at radius 3 is 2.56 bits per heavy atom. The van der Waals surface area contributed by atoms with E-state index in [1.165, 1.54) is 0 Å². The molecule has 0 aliphatic rings. The highest BCUT2D eigenvalue weighted by Crippen LogP contribution is 2.17. The summed E-state index contributed by atoms with van der Waals surface area (Å²) in [7, 11) is 1.77. The molecular formula is C15H20N2O. The molecule has 0 bridgehead atoms. The van der Waals surface area contributed by atoms with Crippen LogP contribution in [0.4, 0.5) is 0 Å². The predicted octanol–water partition coefficient (Wildman–Crippen LogP) is 2.94. The molecule has 1 aromatic carbocycles. The first-order chi connectivity index (χ1) is 8.70. The van der Waals surface area contributed by atoms with Crippen LogP contribution in [0.5, 0.6) is 0 Å². The van der Waals surface area contributed by atoms with Crippen LogP contribution in [-0.2, 0) is 4.79 Å². The molecule has 0 aliphatic heterocycles. The maximum absolute atomic E-state index is 12.2. The molecule has 0 saturated carbocycles. The van der Waals surface area contributed by atoms with Gasteiger partial charge < -0.3 is 4.90 Å². The van der Waals surface area contributed by atoms with E-state index in [0.29, 0.717) is 0 Å². The molecule has 1 atom stereocenters. The fourth-order valence-corrected chi connectivity index (χ4v) is 1.85. The van der Waals surface area contributed by atoms with E-state index in [2.05, 4.69) is 13.0 Å². The fraction of sp³-hybridized carbons (Fsp3) is 0.467. The van der Waals surface area contributed by atoms with Crippen molar-refractivity contribution in [2.75, 3.05) is 13.6 Å². The van der Waals surface area contributed by atoms with Crippen LogP contribution in [-0.4, -0.2) is 24.4 Å². The van der Waals surface area contributed by atoms with Crippen molar-refractivity contribution in [2.24, 2.45) is 0 Å². The average Bonchev–Trinajstić information content (AvgIpc) is 2.41. The normalized spacial score (nSPS) is 11.6. The summed E-state index contributed by atoms with van der Waals surface area (Å²) >= 11 is 0. The molecule has 0 fully saturated rings. The van der Waals surface area contributed by atoms with Gasteiger partial charge in [0.15, 0.2) is 0 Å². The van der Waals surface area contributed by atoms with Crippen LogP contribution < -0.4 is 0 Å². The third-order valence-electron chi connectivity index (χ3n) is 2.98. The molecule has 0 radical (unpaired) electrons. The second-order valence-electron chi connectivity index (χ2n) is 4.44. The minimum absolute atomic E-state index is 0.111. The molecule has 1 amide bonds. The van der Waals surface area contributed by atoms with Crippen molar-refractivity contribution in [3.8, 4) is 6.07 Å². The fourth-order valence-electron chi connectivity index (χ4n) is 1.85. The highest BCUT2D eigenvalue weighted by Gasteiger charge is 2.22. The van der Waals surface area contributed by atoms with Gasteiger partial charge in [0, 0.05) is 13.6 Å². The molecule has 3 nitrogen and oxygen atoms in total. The summed E-state index contributed by atoms with van der Waals surface area (Å²) in [6.07, 6.45) is 3.23. The van der Waals surface area contributed by atoms with E-state index in [4.69, 9.17) is 0 Å². The van der Waals surface area contributed by atoms with E-state index in [-0.39, 0.29) is 5.91 Å². The van der Waals surface area contributed by atoms with Crippen LogP contribution in [0.2, 0.25) is 0 Å². The van der Waals surface area contributed by atoms with Gasteiger partial charge in [-0.15, -0.1) is 0 Å². The van der Waals surface area contributed by atoms with Gasteiger partial charge in [0.1, 0.15) is 5.92 Å². The Bertz CT molecular complexity index is 408. The topological polar surface area (TPSA) is 44.1 Å². The summed E-state index contributed by atoms with van der Waals surface area (Å²) in [5.74, 6) is -0.794. The number of rotatable bonds is 6. The quantitative estimate of drug-likeness (QED) is 0.722. The average molecular weight is 244 g/mol. The zero-order valence-corrected chi connectivity index (χ0v) is 11.1.